The molecule has 0 fully saturated rings. The molecule has 21 heavy (non-hydrogen) atoms. The average Bonchev–Trinajstić information content (AvgIpc) is 2.49. The van der Waals surface area contributed by atoms with Gasteiger partial charge in [0.25, 0.3) is 0 Å². The van der Waals surface area contributed by atoms with Crippen LogP contribution in [0.2, 0.25) is 0 Å². The number of amides is 1. The van der Waals surface area contributed by atoms with Crippen molar-refractivity contribution in [3.05, 3.63) is 41.1 Å². The second kappa shape index (κ2) is 6.68. The Morgan fingerprint density at radius 3 is 2.71 bits per heavy atom. The van der Waals surface area contributed by atoms with Crippen molar-refractivity contribution in [2.24, 2.45) is 0 Å². The summed E-state index contributed by atoms with van der Waals surface area (Å²) in [5, 5.41) is 13.1. The molecule has 0 saturated heterocycles. The zero-order valence-electron chi connectivity index (χ0n) is 12.8. The van der Waals surface area contributed by atoms with Crippen LogP contribution in [0.15, 0.2) is 24.3 Å². The number of aliphatic hydroxyl groups excluding tert-OH is 1. The molecule has 1 unspecified atom stereocenters. The smallest absolute Gasteiger partial charge is 0.224 e. The number of pyridine rings is 1. The van der Waals surface area contributed by atoms with Crippen molar-refractivity contribution in [3.8, 4) is 0 Å². The number of aromatic nitrogens is 1. The second-order valence-corrected chi connectivity index (χ2v) is 5.35. The lowest BCUT2D eigenvalue weighted by Gasteiger charge is -2.16. The van der Waals surface area contributed by atoms with Crippen molar-refractivity contribution in [2.75, 3.05) is 6.61 Å². The van der Waals surface area contributed by atoms with E-state index >= 15 is 0 Å². The van der Waals surface area contributed by atoms with Gasteiger partial charge in [0.15, 0.2) is 0 Å². The molecule has 1 amide bonds. The van der Waals surface area contributed by atoms with E-state index in [0.717, 1.165) is 34.1 Å². The molecule has 0 aliphatic rings. The third kappa shape index (κ3) is 3.39. The Labute approximate surface area is 125 Å². The van der Waals surface area contributed by atoms with Gasteiger partial charge in [-0.1, -0.05) is 25.1 Å². The number of rotatable bonds is 5. The highest BCUT2D eigenvalue weighted by atomic mass is 16.3. The third-order valence-corrected chi connectivity index (χ3v) is 3.90. The average molecular weight is 286 g/mol. The van der Waals surface area contributed by atoms with Gasteiger partial charge in [-0.05, 0) is 37.5 Å². The lowest BCUT2D eigenvalue weighted by Crippen LogP contribution is -2.38. The monoisotopic (exact) mass is 286 g/mol. The molecule has 1 aromatic heterocycles. The number of fused-ring (bicyclic) bond motifs is 1. The summed E-state index contributed by atoms with van der Waals surface area (Å²) >= 11 is 0. The summed E-state index contributed by atoms with van der Waals surface area (Å²) in [5.41, 5.74) is 3.92. The van der Waals surface area contributed by atoms with Gasteiger partial charge in [0.05, 0.1) is 24.6 Å². The van der Waals surface area contributed by atoms with Crippen LogP contribution in [0.25, 0.3) is 10.9 Å². The van der Waals surface area contributed by atoms with Gasteiger partial charge in [-0.3, -0.25) is 9.78 Å². The van der Waals surface area contributed by atoms with Crippen LogP contribution in [0, 0.1) is 13.8 Å². The summed E-state index contributed by atoms with van der Waals surface area (Å²) in [7, 11) is 0. The maximum Gasteiger partial charge on any atom is 0.224 e. The van der Waals surface area contributed by atoms with Crippen molar-refractivity contribution in [3.63, 3.8) is 0 Å². The minimum Gasteiger partial charge on any atom is -0.394 e. The number of nitrogens with zero attached hydrogens (tertiary/aromatic N) is 1. The minimum absolute atomic E-state index is 0.0316. The van der Waals surface area contributed by atoms with Gasteiger partial charge in [-0.15, -0.1) is 0 Å². The first-order chi connectivity index (χ1) is 10.1. The number of carbonyl (C=O) groups excluding carboxylic acids is 1. The Morgan fingerprint density at radius 2 is 2.05 bits per heavy atom. The number of aliphatic hydroxyl groups is 1. The molecule has 1 heterocycles. The van der Waals surface area contributed by atoms with Gasteiger partial charge < -0.3 is 10.4 Å². The van der Waals surface area contributed by atoms with E-state index in [4.69, 9.17) is 5.11 Å². The number of aryl methyl sites for hydroxylation is 2. The van der Waals surface area contributed by atoms with E-state index < -0.39 is 0 Å². The van der Waals surface area contributed by atoms with Gasteiger partial charge >= 0.3 is 0 Å². The van der Waals surface area contributed by atoms with E-state index in [-0.39, 0.29) is 18.6 Å². The van der Waals surface area contributed by atoms with Crippen LogP contribution < -0.4 is 5.32 Å². The zero-order valence-corrected chi connectivity index (χ0v) is 12.8. The van der Waals surface area contributed by atoms with Crippen molar-refractivity contribution >= 4 is 16.8 Å². The van der Waals surface area contributed by atoms with Crippen LogP contribution in [0.4, 0.5) is 0 Å². The fourth-order valence-corrected chi connectivity index (χ4v) is 2.55. The van der Waals surface area contributed by atoms with E-state index in [0.29, 0.717) is 6.42 Å². The fraction of sp³-hybridized carbons (Fsp3) is 0.412. The van der Waals surface area contributed by atoms with Crippen molar-refractivity contribution < 1.29 is 9.90 Å². The number of nitrogens with one attached hydrogen (secondary N) is 1. The van der Waals surface area contributed by atoms with Crippen LogP contribution in [-0.2, 0) is 11.2 Å². The van der Waals surface area contributed by atoms with Crippen molar-refractivity contribution in [2.45, 2.75) is 39.7 Å². The Kier molecular flexibility index (Phi) is 4.91. The highest BCUT2D eigenvalue weighted by Gasteiger charge is 2.15. The fourth-order valence-electron chi connectivity index (χ4n) is 2.55. The van der Waals surface area contributed by atoms with E-state index in [9.17, 15) is 4.79 Å². The van der Waals surface area contributed by atoms with Gasteiger partial charge in [0, 0.05) is 11.1 Å². The number of para-hydroxylation sites is 1. The standard InChI is InChI=1S/C17H22N2O2/c1-4-13(10-20)19-17(21)9-15-11(2)14-7-5-6-8-16(14)18-12(15)3/h5-8,13,20H,4,9-10H2,1-3H3,(H,19,21). The molecule has 0 aliphatic carbocycles. The Bertz CT molecular complexity index is 649. The molecule has 0 aliphatic heterocycles. The maximum atomic E-state index is 12.1. The predicted octanol–water partition coefficient (Wildman–Crippen LogP) is 2.28. The molecule has 2 rings (SSSR count). The highest BCUT2D eigenvalue weighted by Crippen LogP contribution is 2.22. The van der Waals surface area contributed by atoms with E-state index in [1.54, 1.807) is 0 Å². The van der Waals surface area contributed by atoms with Crippen LogP contribution in [0.5, 0.6) is 0 Å². The predicted molar refractivity (Wildman–Crippen MR) is 84.2 cm³/mol. The summed E-state index contributed by atoms with van der Waals surface area (Å²) in [6.45, 7) is 5.87. The highest BCUT2D eigenvalue weighted by molar-refractivity contribution is 5.86. The normalized spacial score (nSPS) is 12.4. The molecule has 112 valence electrons. The molecular formula is C17H22N2O2. The SMILES string of the molecule is CCC(CO)NC(=O)Cc1c(C)nc2ccccc2c1C. The van der Waals surface area contributed by atoms with Crippen LogP contribution >= 0.6 is 0 Å². The van der Waals surface area contributed by atoms with Crippen molar-refractivity contribution in [1.82, 2.24) is 10.3 Å². The Hall–Kier alpha value is -1.94. The number of hydrogen-bond donors (Lipinski definition) is 2. The Balaban J connectivity index is 2.28. The first-order valence-corrected chi connectivity index (χ1v) is 7.31. The number of hydrogen-bond acceptors (Lipinski definition) is 3. The van der Waals surface area contributed by atoms with Gasteiger partial charge in [-0.2, -0.15) is 0 Å². The van der Waals surface area contributed by atoms with Gasteiger partial charge in [0.2, 0.25) is 5.91 Å². The number of carbonyl (C=O) groups is 1. The summed E-state index contributed by atoms with van der Waals surface area (Å²) < 4.78 is 0. The van der Waals surface area contributed by atoms with Crippen LogP contribution in [0.1, 0.15) is 30.2 Å². The minimum atomic E-state index is -0.175. The van der Waals surface area contributed by atoms with Gasteiger partial charge in [-0.25, -0.2) is 0 Å². The molecule has 0 spiro atoms. The van der Waals surface area contributed by atoms with Crippen LogP contribution in [0.3, 0.4) is 0 Å². The summed E-state index contributed by atoms with van der Waals surface area (Å²) in [6, 6.07) is 7.79. The molecule has 2 aromatic rings. The zero-order chi connectivity index (χ0) is 15.4. The maximum absolute atomic E-state index is 12.1. The largest absolute Gasteiger partial charge is 0.394 e. The second-order valence-electron chi connectivity index (χ2n) is 5.35. The van der Waals surface area contributed by atoms with E-state index in [1.165, 1.54) is 0 Å². The third-order valence-electron chi connectivity index (χ3n) is 3.90. The molecule has 2 N–H and O–H groups in total. The summed E-state index contributed by atoms with van der Waals surface area (Å²) in [4.78, 5) is 16.7. The Morgan fingerprint density at radius 1 is 1.33 bits per heavy atom. The summed E-state index contributed by atoms with van der Waals surface area (Å²) in [5.74, 6) is -0.0702. The molecule has 1 aromatic carbocycles. The lowest BCUT2D eigenvalue weighted by molar-refractivity contribution is -0.121. The number of benzene rings is 1. The molecule has 0 saturated carbocycles. The molecule has 0 bridgehead atoms. The molecular weight excluding hydrogens is 264 g/mol. The van der Waals surface area contributed by atoms with E-state index in [1.807, 2.05) is 45.0 Å². The summed E-state index contributed by atoms with van der Waals surface area (Å²) in [6.07, 6.45) is 1.02. The first kappa shape index (κ1) is 15.4. The molecule has 1 atom stereocenters. The lowest BCUT2D eigenvalue weighted by atomic mass is 9.99. The quantitative estimate of drug-likeness (QED) is 0.886. The van der Waals surface area contributed by atoms with Gasteiger partial charge in [0.1, 0.15) is 0 Å². The van der Waals surface area contributed by atoms with Crippen LogP contribution in [-0.4, -0.2) is 28.6 Å². The molecule has 4 nitrogen and oxygen atoms in total. The topological polar surface area (TPSA) is 62.2 Å². The molecule has 4 heteroatoms. The molecule has 0 radical (unpaired) electrons. The first-order valence-electron chi connectivity index (χ1n) is 7.31. The van der Waals surface area contributed by atoms with E-state index in [2.05, 4.69) is 10.3 Å². The van der Waals surface area contributed by atoms with Crippen molar-refractivity contribution in [1.29, 1.82) is 0 Å².